The van der Waals surface area contributed by atoms with Gasteiger partial charge < -0.3 is 5.32 Å². The van der Waals surface area contributed by atoms with E-state index in [1.165, 1.54) is 6.21 Å². The zero-order valence-corrected chi connectivity index (χ0v) is 12.6. The lowest BCUT2D eigenvalue weighted by Gasteiger charge is -2.24. The van der Waals surface area contributed by atoms with Crippen LogP contribution in [0, 0.1) is 0 Å². The molecular weight excluding hydrogens is 292 g/mol. The number of hydrogen-bond acceptors (Lipinski definition) is 4. The van der Waals surface area contributed by atoms with Crippen LogP contribution in [0.3, 0.4) is 0 Å². The highest BCUT2D eigenvalue weighted by Crippen LogP contribution is 2.32. The summed E-state index contributed by atoms with van der Waals surface area (Å²) >= 11 is 0. The molecule has 1 aromatic heterocycles. The molecule has 6 nitrogen and oxygen atoms in total. The molecule has 3 amide bonds. The number of amides is 3. The van der Waals surface area contributed by atoms with Crippen LogP contribution in [0.1, 0.15) is 24.5 Å². The summed E-state index contributed by atoms with van der Waals surface area (Å²) in [4.78, 5) is 28.9. The van der Waals surface area contributed by atoms with Crippen LogP contribution >= 0.6 is 0 Å². The topological polar surface area (TPSA) is 74.7 Å². The van der Waals surface area contributed by atoms with Crippen molar-refractivity contribution >= 4 is 18.2 Å². The molecule has 1 fully saturated rings. The summed E-state index contributed by atoms with van der Waals surface area (Å²) in [6.45, 7) is 1.86. The normalized spacial score (nSPS) is 21.0. The third-order valence-corrected chi connectivity index (χ3v) is 3.90. The van der Waals surface area contributed by atoms with E-state index >= 15 is 0 Å². The van der Waals surface area contributed by atoms with Crippen LogP contribution in [0.15, 0.2) is 60.0 Å². The number of carbonyl (C=O) groups excluding carboxylic acids is 2. The number of aromatic nitrogens is 1. The first-order chi connectivity index (χ1) is 11.2. The number of hydrogen-bond donors (Lipinski definition) is 1. The summed E-state index contributed by atoms with van der Waals surface area (Å²) in [5.41, 5.74) is 0.449. The fourth-order valence-electron chi connectivity index (χ4n) is 2.60. The van der Waals surface area contributed by atoms with Crippen LogP contribution in [0.4, 0.5) is 4.79 Å². The van der Waals surface area contributed by atoms with E-state index in [-0.39, 0.29) is 5.91 Å². The zero-order valence-electron chi connectivity index (χ0n) is 12.6. The lowest BCUT2D eigenvalue weighted by atomic mass is 9.87. The van der Waals surface area contributed by atoms with Gasteiger partial charge in [0, 0.05) is 12.4 Å². The molecule has 3 rings (SSSR count). The highest BCUT2D eigenvalue weighted by Gasteiger charge is 2.51. The smallest absolute Gasteiger partial charge is 0.318 e. The Morgan fingerprint density at radius 3 is 2.52 bits per heavy atom. The lowest BCUT2D eigenvalue weighted by Crippen LogP contribution is -2.43. The lowest BCUT2D eigenvalue weighted by molar-refractivity contribution is -0.131. The molecule has 6 heteroatoms. The first kappa shape index (κ1) is 14.9. The van der Waals surface area contributed by atoms with Crippen LogP contribution in [0.25, 0.3) is 0 Å². The molecule has 0 saturated carbocycles. The number of carbonyl (C=O) groups is 2. The molecule has 0 aliphatic carbocycles. The van der Waals surface area contributed by atoms with Crippen molar-refractivity contribution in [3.63, 3.8) is 0 Å². The fraction of sp³-hybridized carbons (Fsp3) is 0.176. The van der Waals surface area contributed by atoms with E-state index in [1.54, 1.807) is 24.5 Å². The Hall–Kier alpha value is -3.02. The number of imide groups is 1. The average molecular weight is 308 g/mol. The second-order valence-electron chi connectivity index (χ2n) is 5.20. The van der Waals surface area contributed by atoms with Gasteiger partial charge in [0.1, 0.15) is 5.54 Å². The van der Waals surface area contributed by atoms with Gasteiger partial charge in [-0.15, -0.1) is 5.01 Å². The van der Waals surface area contributed by atoms with Gasteiger partial charge in [0.2, 0.25) is 0 Å². The standard InChI is InChI=1S/C17H16N4O2/c1-2-17(14-6-4-3-5-7-14)15(22)21(16(23)20-17)19-12-13-8-10-18-11-9-13/h3-12H,2H2,1H3,(H,20,23)/b19-12-/t17-/m0/s1. The predicted molar refractivity (Wildman–Crippen MR) is 85.6 cm³/mol. The van der Waals surface area contributed by atoms with E-state index in [1.807, 2.05) is 37.3 Å². The number of urea groups is 1. The van der Waals surface area contributed by atoms with Crippen molar-refractivity contribution in [2.24, 2.45) is 5.10 Å². The highest BCUT2D eigenvalue weighted by molar-refractivity contribution is 6.07. The minimum atomic E-state index is -1.06. The Kier molecular flexibility index (Phi) is 3.89. The Morgan fingerprint density at radius 2 is 1.87 bits per heavy atom. The van der Waals surface area contributed by atoms with Gasteiger partial charge in [-0.25, -0.2) is 4.79 Å². The third kappa shape index (κ3) is 2.59. The SMILES string of the molecule is CC[C@@]1(c2ccccc2)NC(=O)N(/N=C\c2ccncc2)C1=O. The van der Waals surface area contributed by atoms with Gasteiger partial charge in [-0.3, -0.25) is 9.78 Å². The highest BCUT2D eigenvalue weighted by atomic mass is 16.2. The molecule has 23 heavy (non-hydrogen) atoms. The molecular formula is C17H16N4O2. The molecule has 0 unspecified atom stereocenters. The Balaban J connectivity index is 1.92. The van der Waals surface area contributed by atoms with Gasteiger partial charge in [0.05, 0.1) is 6.21 Å². The molecule has 1 saturated heterocycles. The van der Waals surface area contributed by atoms with Gasteiger partial charge in [-0.1, -0.05) is 37.3 Å². The number of rotatable bonds is 4. The fourth-order valence-corrected chi connectivity index (χ4v) is 2.60. The molecule has 1 atom stereocenters. The monoisotopic (exact) mass is 308 g/mol. The van der Waals surface area contributed by atoms with E-state index in [0.29, 0.717) is 6.42 Å². The number of pyridine rings is 1. The molecule has 1 aliphatic rings. The van der Waals surface area contributed by atoms with Gasteiger partial charge in [0.25, 0.3) is 5.91 Å². The Morgan fingerprint density at radius 1 is 1.17 bits per heavy atom. The minimum absolute atomic E-state index is 0.374. The summed E-state index contributed by atoms with van der Waals surface area (Å²) in [7, 11) is 0. The zero-order chi connectivity index (χ0) is 16.3. The largest absolute Gasteiger partial charge is 0.346 e. The molecule has 0 radical (unpaired) electrons. The average Bonchev–Trinajstić information content (AvgIpc) is 2.86. The van der Waals surface area contributed by atoms with Crippen molar-refractivity contribution in [1.82, 2.24) is 15.3 Å². The Bertz CT molecular complexity index is 746. The quantitative estimate of drug-likeness (QED) is 0.695. The van der Waals surface area contributed by atoms with Crippen LogP contribution in [0.5, 0.6) is 0 Å². The number of nitrogens with zero attached hydrogens (tertiary/aromatic N) is 3. The maximum atomic E-state index is 12.8. The van der Waals surface area contributed by atoms with Crippen molar-refractivity contribution < 1.29 is 9.59 Å². The second kappa shape index (κ2) is 6.00. The van der Waals surface area contributed by atoms with E-state index in [0.717, 1.165) is 16.1 Å². The molecule has 2 heterocycles. The van der Waals surface area contributed by atoms with E-state index < -0.39 is 11.6 Å². The molecule has 0 bridgehead atoms. The minimum Gasteiger partial charge on any atom is -0.318 e. The summed E-state index contributed by atoms with van der Waals surface area (Å²) in [6.07, 6.45) is 5.15. The van der Waals surface area contributed by atoms with Gasteiger partial charge in [-0.2, -0.15) is 5.10 Å². The van der Waals surface area contributed by atoms with Crippen molar-refractivity contribution in [2.75, 3.05) is 0 Å². The summed E-state index contributed by atoms with van der Waals surface area (Å²) < 4.78 is 0. The number of nitrogens with one attached hydrogen (secondary N) is 1. The van der Waals surface area contributed by atoms with Crippen molar-refractivity contribution in [3.05, 3.63) is 66.0 Å². The second-order valence-corrected chi connectivity index (χ2v) is 5.20. The summed E-state index contributed by atoms with van der Waals surface area (Å²) in [5, 5.41) is 7.71. The maximum Gasteiger partial charge on any atom is 0.346 e. The molecule has 1 aliphatic heterocycles. The van der Waals surface area contributed by atoms with Crippen molar-refractivity contribution in [3.8, 4) is 0 Å². The van der Waals surface area contributed by atoms with Crippen molar-refractivity contribution in [2.45, 2.75) is 18.9 Å². The van der Waals surface area contributed by atoms with Crippen molar-refractivity contribution in [1.29, 1.82) is 0 Å². The van der Waals surface area contributed by atoms with Gasteiger partial charge >= 0.3 is 6.03 Å². The van der Waals surface area contributed by atoms with E-state index in [9.17, 15) is 9.59 Å². The van der Waals surface area contributed by atoms with Crippen LogP contribution in [0.2, 0.25) is 0 Å². The number of benzene rings is 1. The predicted octanol–water partition coefficient (Wildman–Crippen LogP) is 2.27. The van der Waals surface area contributed by atoms with Crippen LogP contribution < -0.4 is 5.32 Å². The maximum absolute atomic E-state index is 12.8. The molecule has 0 spiro atoms. The van der Waals surface area contributed by atoms with Crippen LogP contribution in [-0.4, -0.2) is 28.1 Å². The molecule has 116 valence electrons. The van der Waals surface area contributed by atoms with Crippen LogP contribution in [-0.2, 0) is 10.3 Å². The third-order valence-electron chi connectivity index (χ3n) is 3.90. The van der Waals surface area contributed by atoms with Gasteiger partial charge in [-0.05, 0) is 29.7 Å². The Labute approximate surface area is 133 Å². The summed E-state index contributed by atoms with van der Waals surface area (Å²) in [5.74, 6) is -0.374. The first-order valence-electron chi connectivity index (χ1n) is 7.33. The van der Waals surface area contributed by atoms with Gasteiger partial charge in [0.15, 0.2) is 0 Å². The molecule has 2 aromatic rings. The number of hydrazone groups is 1. The molecule has 1 aromatic carbocycles. The summed E-state index contributed by atoms with van der Waals surface area (Å²) in [6, 6.07) is 12.2. The van der Waals surface area contributed by atoms with E-state index in [2.05, 4.69) is 15.4 Å². The van der Waals surface area contributed by atoms with E-state index in [4.69, 9.17) is 0 Å². The molecule has 1 N–H and O–H groups in total. The first-order valence-corrected chi connectivity index (χ1v) is 7.33.